The number of rotatable bonds is 5. The average molecular weight is 399 g/mol. The average Bonchev–Trinajstić information content (AvgIpc) is 2.79. The van der Waals surface area contributed by atoms with E-state index >= 15 is 0 Å². The third kappa shape index (κ3) is 4.34. The zero-order valence-corrected chi connectivity index (χ0v) is 16.9. The van der Waals surface area contributed by atoms with E-state index in [-0.39, 0.29) is 23.6 Å². The highest BCUT2D eigenvalue weighted by atomic mass is 16.6. The second kappa shape index (κ2) is 9.22. The molecule has 0 spiro atoms. The van der Waals surface area contributed by atoms with Crippen LogP contribution in [0.5, 0.6) is 0 Å². The Balaban J connectivity index is 1.76. The second-order valence-corrected chi connectivity index (χ2v) is 7.71. The van der Waals surface area contributed by atoms with Crippen molar-refractivity contribution in [3.8, 4) is 0 Å². The van der Waals surface area contributed by atoms with Gasteiger partial charge in [-0.1, -0.05) is 36.9 Å². The molecule has 2 saturated heterocycles. The molecule has 0 radical (unpaired) electrons. The minimum atomic E-state index is -0.638. The van der Waals surface area contributed by atoms with Crippen molar-refractivity contribution < 1.29 is 19.2 Å². The number of piperidine rings is 2. The van der Waals surface area contributed by atoms with E-state index < -0.39 is 5.41 Å². The first-order valence-corrected chi connectivity index (χ1v) is 10.1. The van der Waals surface area contributed by atoms with Crippen LogP contribution in [-0.2, 0) is 24.6 Å². The van der Waals surface area contributed by atoms with Crippen molar-refractivity contribution in [3.63, 3.8) is 0 Å². The number of carbonyl (C=O) groups is 3. The van der Waals surface area contributed by atoms with Crippen LogP contribution in [0.15, 0.2) is 43.0 Å². The first-order chi connectivity index (χ1) is 14.0. The van der Waals surface area contributed by atoms with Crippen LogP contribution in [0.3, 0.4) is 0 Å². The van der Waals surface area contributed by atoms with E-state index in [1.807, 2.05) is 35.2 Å². The van der Waals surface area contributed by atoms with E-state index in [4.69, 9.17) is 4.84 Å². The lowest BCUT2D eigenvalue weighted by atomic mass is 9.71. The maximum absolute atomic E-state index is 13.7. The minimum Gasteiger partial charge on any atom is -0.342 e. The van der Waals surface area contributed by atoms with Crippen molar-refractivity contribution >= 4 is 17.7 Å². The Morgan fingerprint density at radius 1 is 1.07 bits per heavy atom. The van der Waals surface area contributed by atoms with E-state index in [0.717, 1.165) is 5.56 Å². The van der Waals surface area contributed by atoms with Crippen LogP contribution < -0.4 is 5.48 Å². The van der Waals surface area contributed by atoms with Gasteiger partial charge >= 0.3 is 0 Å². The highest BCUT2D eigenvalue weighted by Crippen LogP contribution is 2.38. The number of hydrogen-bond donors (Lipinski definition) is 1. The Hall–Kier alpha value is -2.67. The largest absolute Gasteiger partial charge is 0.342 e. The van der Waals surface area contributed by atoms with Crippen LogP contribution in [-0.4, -0.2) is 60.8 Å². The molecule has 156 valence electrons. The molecule has 3 amide bonds. The van der Waals surface area contributed by atoms with Gasteiger partial charge in [-0.3, -0.25) is 19.2 Å². The number of amides is 3. The van der Waals surface area contributed by atoms with Gasteiger partial charge in [-0.2, -0.15) is 0 Å². The Labute approximate surface area is 171 Å². The summed E-state index contributed by atoms with van der Waals surface area (Å²) in [5, 5.41) is 0. The molecule has 29 heavy (non-hydrogen) atoms. The number of nitrogens with zero attached hydrogens (tertiary/aromatic N) is 2. The van der Waals surface area contributed by atoms with E-state index in [1.165, 1.54) is 13.2 Å². The molecule has 2 heterocycles. The summed E-state index contributed by atoms with van der Waals surface area (Å²) in [6, 6.07) is 9.85. The maximum atomic E-state index is 13.7. The highest BCUT2D eigenvalue weighted by Gasteiger charge is 2.46. The molecule has 7 heteroatoms. The molecular weight excluding hydrogens is 370 g/mol. The van der Waals surface area contributed by atoms with E-state index in [9.17, 15) is 14.4 Å². The van der Waals surface area contributed by atoms with Crippen LogP contribution in [0, 0.1) is 5.92 Å². The van der Waals surface area contributed by atoms with Crippen molar-refractivity contribution in [2.45, 2.75) is 31.1 Å². The third-order valence-corrected chi connectivity index (χ3v) is 6.19. The highest BCUT2D eigenvalue weighted by molar-refractivity contribution is 5.90. The molecule has 0 saturated carbocycles. The SMILES string of the molecule is C=CC(=O)N1CCC(C(=O)N2CCC(C(=O)NOC)CC2)(c2ccccc2)CC1. The first kappa shape index (κ1) is 21.0. The normalized spacial score (nSPS) is 19.5. The fourth-order valence-electron chi connectivity index (χ4n) is 4.45. The molecule has 1 aromatic carbocycles. The standard InChI is InChI=1S/C22H29N3O4/c1-3-19(26)24-15-11-22(12-16-24,18-7-5-4-6-8-18)21(28)25-13-9-17(10-14-25)20(27)23-29-2/h3-8,17H,1,9-16H2,2H3,(H,23,27). The van der Waals surface area contributed by atoms with Crippen molar-refractivity contribution in [1.82, 2.24) is 15.3 Å². The van der Waals surface area contributed by atoms with Crippen LogP contribution in [0.1, 0.15) is 31.2 Å². The molecule has 1 N–H and O–H groups in total. The van der Waals surface area contributed by atoms with Crippen LogP contribution in [0.2, 0.25) is 0 Å². The number of hydrogen-bond acceptors (Lipinski definition) is 4. The zero-order valence-electron chi connectivity index (χ0n) is 16.9. The Morgan fingerprint density at radius 3 is 2.24 bits per heavy atom. The Bertz CT molecular complexity index is 749. The van der Waals surface area contributed by atoms with Gasteiger partial charge in [0.15, 0.2) is 0 Å². The van der Waals surface area contributed by atoms with E-state index in [2.05, 4.69) is 12.1 Å². The van der Waals surface area contributed by atoms with Gasteiger partial charge in [0.2, 0.25) is 17.7 Å². The summed E-state index contributed by atoms with van der Waals surface area (Å²) in [7, 11) is 1.42. The van der Waals surface area contributed by atoms with Crippen molar-refractivity contribution in [3.05, 3.63) is 48.6 Å². The lowest BCUT2D eigenvalue weighted by Crippen LogP contribution is -2.55. The lowest BCUT2D eigenvalue weighted by molar-refractivity contribution is -0.145. The first-order valence-electron chi connectivity index (χ1n) is 10.1. The quantitative estimate of drug-likeness (QED) is 0.603. The summed E-state index contributed by atoms with van der Waals surface area (Å²) in [5.41, 5.74) is 2.75. The maximum Gasteiger partial charge on any atom is 0.246 e. The summed E-state index contributed by atoms with van der Waals surface area (Å²) >= 11 is 0. The van der Waals surface area contributed by atoms with Gasteiger partial charge in [-0.05, 0) is 37.3 Å². The molecule has 2 aliphatic rings. The topological polar surface area (TPSA) is 79.0 Å². The molecule has 2 aliphatic heterocycles. The molecule has 0 aliphatic carbocycles. The molecular formula is C22H29N3O4. The lowest BCUT2D eigenvalue weighted by Gasteiger charge is -2.44. The van der Waals surface area contributed by atoms with Gasteiger partial charge in [-0.25, -0.2) is 5.48 Å². The minimum absolute atomic E-state index is 0.0934. The molecule has 0 aromatic heterocycles. The van der Waals surface area contributed by atoms with E-state index in [1.54, 1.807) is 4.90 Å². The molecule has 1 aromatic rings. The van der Waals surface area contributed by atoms with Crippen molar-refractivity contribution in [2.24, 2.45) is 5.92 Å². The second-order valence-electron chi connectivity index (χ2n) is 7.71. The summed E-state index contributed by atoms with van der Waals surface area (Å²) in [6.45, 7) is 5.71. The van der Waals surface area contributed by atoms with Crippen LogP contribution in [0.25, 0.3) is 0 Å². The van der Waals surface area contributed by atoms with Gasteiger partial charge < -0.3 is 9.80 Å². The molecule has 0 atom stereocenters. The molecule has 2 fully saturated rings. The monoisotopic (exact) mass is 399 g/mol. The van der Waals surface area contributed by atoms with E-state index in [0.29, 0.717) is 51.9 Å². The van der Waals surface area contributed by atoms with Crippen molar-refractivity contribution in [2.75, 3.05) is 33.3 Å². The van der Waals surface area contributed by atoms with Gasteiger partial charge in [0.05, 0.1) is 12.5 Å². The third-order valence-electron chi connectivity index (χ3n) is 6.19. The summed E-state index contributed by atoms with van der Waals surface area (Å²) in [6.07, 6.45) is 3.73. The summed E-state index contributed by atoms with van der Waals surface area (Å²) in [4.78, 5) is 46.1. The number of likely N-dealkylation sites (tertiary alicyclic amines) is 2. The Kier molecular flexibility index (Phi) is 6.69. The fraction of sp³-hybridized carbons (Fsp3) is 0.500. The smallest absolute Gasteiger partial charge is 0.246 e. The number of nitrogens with one attached hydrogen (secondary N) is 1. The Morgan fingerprint density at radius 2 is 1.69 bits per heavy atom. The van der Waals surface area contributed by atoms with Gasteiger partial charge in [0, 0.05) is 32.1 Å². The van der Waals surface area contributed by atoms with Crippen LogP contribution >= 0.6 is 0 Å². The van der Waals surface area contributed by atoms with Crippen molar-refractivity contribution in [1.29, 1.82) is 0 Å². The number of hydroxylamine groups is 1. The zero-order chi connectivity index (χ0) is 20.9. The van der Waals surface area contributed by atoms with Crippen LogP contribution in [0.4, 0.5) is 0 Å². The predicted octanol–water partition coefficient (Wildman–Crippen LogP) is 1.65. The molecule has 3 rings (SSSR count). The summed E-state index contributed by atoms with van der Waals surface area (Å²) < 4.78 is 0. The molecule has 7 nitrogen and oxygen atoms in total. The molecule has 0 unspecified atom stereocenters. The molecule has 0 bridgehead atoms. The van der Waals surface area contributed by atoms with Gasteiger partial charge in [0.25, 0.3) is 0 Å². The number of benzene rings is 1. The fourth-order valence-corrected chi connectivity index (χ4v) is 4.45. The predicted molar refractivity (Wildman–Crippen MR) is 109 cm³/mol. The summed E-state index contributed by atoms with van der Waals surface area (Å²) in [5.74, 6) is -0.267. The van der Waals surface area contributed by atoms with Gasteiger partial charge in [0.1, 0.15) is 0 Å². The number of carbonyl (C=O) groups excluding carboxylic acids is 3. The van der Waals surface area contributed by atoms with Gasteiger partial charge in [-0.15, -0.1) is 0 Å².